The number of carbonyl (C=O) groups excluding carboxylic acids is 1. The first-order chi connectivity index (χ1) is 13.9. The van der Waals surface area contributed by atoms with Crippen LogP contribution in [-0.4, -0.2) is 38.5 Å². The predicted octanol–water partition coefficient (Wildman–Crippen LogP) is 3.27. The summed E-state index contributed by atoms with van der Waals surface area (Å²) in [7, 11) is 3.37. The lowest BCUT2D eigenvalue weighted by Crippen LogP contribution is -2.14. The van der Waals surface area contributed by atoms with Gasteiger partial charge in [0.25, 0.3) is 0 Å². The zero-order valence-electron chi connectivity index (χ0n) is 15.5. The average Bonchev–Trinajstić information content (AvgIpc) is 3.08. The summed E-state index contributed by atoms with van der Waals surface area (Å²) in [6.07, 6.45) is 0. The van der Waals surface area contributed by atoms with Gasteiger partial charge in [-0.15, -0.1) is 10.2 Å². The molecule has 3 rings (SSSR count). The van der Waals surface area contributed by atoms with Crippen LogP contribution >= 0.6 is 11.8 Å². The van der Waals surface area contributed by atoms with Crippen molar-refractivity contribution in [3.63, 3.8) is 0 Å². The van der Waals surface area contributed by atoms with Gasteiger partial charge in [0, 0.05) is 24.4 Å². The van der Waals surface area contributed by atoms with Crippen molar-refractivity contribution in [1.29, 1.82) is 0 Å². The second-order valence-corrected chi connectivity index (χ2v) is 6.80. The third kappa shape index (κ3) is 4.69. The fourth-order valence-electron chi connectivity index (χ4n) is 2.49. The van der Waals surface area contributed by atoms with Crippen molar-refractivity contribution in [3.8, 4) is 17.1 Å². The Bertz CT molecular complexity index is 1050. The first kappa shape index (κ1) is 20.3. The Morgan fingerprint density at radius 1 is 1.28 bits per heavy atom. The van der Waals surface area contributed by atoms with Gasteiger partial charge in [-0.1, -0.05) is 11.8 Å². The molecule has 29 heavy (non-hydrogen) atoms. The summed E-state index contributed by atoms with van der Waals surface area (Å²) in [5, 5.41) is 22.0. The van der Waals surface area contributed by atoms with Gasteiger partial charge in [-0.05, 0) is 36.4 Å². The summed E-state index contributed by atoms with van der Waals surface area (Å²) in [4.78, 5) is 22.1. The van der Waals surface area contributed by atoms with E-state index in [4.69, 9.17) is 4.74 Å². The molecular formula is C18H16FN5O4S. The van der Waals surface area contributed by atoms with Gasteiger partial charge in [0.2, 0.25) is 11.7 Å². The number of rotatable bonds is 7. The predicted molar refractivity (Wildman–Crippen MR) is 105 cm³/mol. The summed E-state index contributed by atoms with van der Waals surface area (Å²) in [6.45, 7) is 0. The fourth-order valence-corrected chi connectivity index (χ4v) is 3.20. The van der Waals surface area contributed by atoms with Crippen LogP contribution < -0.4 is 10.1 Å². The van der Waals surface area contributed by atoms with Crippen LogP contribution in [0.15, 0.2) is 47.6 Å². The van der Waals surface area contributed by atoms with Gasteiger partial charge in [-0.2, -0.15) is 4.39 Å². The highest BCUT2D eigenvalue weighted by Crippen LogP contribution is 2.25. The number of carbonyl (C=O) groups is 1. The lowest BCUT2D eigenvalue weighted by molar-refractivity contribution is -0.387. The van der Waals surface area contributed by atoms with Crippen molar-refractivity contribution in [2.24, 2.45) is 7.05 Å². The molecule has 3 aromatic rings. The van der Waals surface area contributed by atoms with Crippen LogP contribution in [0.2, 0.25) is 0 Å². The molecule has 1 heterocycles. The Kier molecular flexibility index (Phi) is 6.07. The Balaban J connectivity index is 1.64. The van der Waals surface area contributed by atoms with Crippen LogP contribution in [0.3, 0.4) is 0 Å². The smallest absolute Gasteiger partial charge is 0.306 e. The minimum absolute atomic E-state index is 0.000238. The van der Waals surface area contributed by atoms with E-state index in [9.17, 15) is 19.3 Å². The van der Waals surface area contributed by atoms with Gasteiger partial charge in [-0.25, -0.2) is 0 Å². The van der Waals surface area contributed by atoms with Gasteiger partial charge in [0.1, 0.15) is 5.75 Å². The highest BCUT2D eigenvalue weighted by atomic mass is 32.2. The molecule has 0 saturated carbocycles. The van der Waals surface area contributed by atoms with Crippen molar-refractivity contribution in [1.82, 2.24) is 14.8 Å². The van der Waals surface area contributed by atoms with E-state index < -0.39 is 22.3 Å². The molecule has 0 unspecified atom stereocenters. The molecule has 0 atom stereocenters. The lowest BCUT2D eigenvalue weighted by Gasteiger charge is -2.06. The van der Waals surface area contributed by atoms with Gasteiger partial charge in [0.15, 0.2) is 11.0 Å². The molecular weight excluding hydrogens is 401 g/mol. The molecule has 1 N–H and O–H groups in total. The number of benzene rings is 2. The van der Waals surface area contributed by atoms with E-state index in [2.05, 4.69) is 15.5 Å². The Morgan fingerprint density at radius 3 is 2.66 bits per heavy atom. The average molecular weight is 417 g/mol. The number of ether oxygens (including phenoxy) is 1. The number of amides is 1. The molecule has 11 heteroatoms. The molecule has 0 radical (unpaired) electrons. The quantitative estimate of drug-likeness (QED) is 0.357. The van der Waals surface area contributed by atoms with Crippen molar-refractivity contribution >= 4 is 29.0 Å². The van der Waals surface area contributed by atoms with Crippen LogP contribution in [0.1, 0.15) is 0 Å². The molecule has 0 saturated heterocycles. The van der Waals surface area contributed by atoms with E-state index in [0.717, 1.165) is 35.2 Å². The zero-order chi connectivity index (χ0) is 21.0. The van der Waals surface area contributed by atoms with Crippen LogP contribution in [-0.2, 0) is 11.8 Å². The lowest BCUT2D eigenvalue weighted by atomic mass is 10.2. The number of nitrogens with zero attached hydrogens (tertiary/aromatic N) is 4. The van der Waals surface area contributed by atoms with E-state index >= 15 is 0 Å². The van der Waals surface area contributed by atoms with Gasteiger partial charge in [-0.3, -0.25) is 14.9 Å². The third-order valence-electron chi connectivity index (χ3n) is 3.94. The van der Waals surface area contributed by atoms with Crippen molar-refractivity contribution in [3.05, 3.63) is 58.4 Å². The van der Waals surface area contributed by atoms with Crippen LogP contribution in [0, 0.1) is 15.9 Å². The minimum atomic E-state index is -0.965. The number of hydrogen-bond donors (Lipinski definition) is 1. The van der Waals surface area contributed by atoms with E-state index in [-0.39, 0.29) is 11.4 Å². The van der Waals surface area contributed by atoms with Crippen molar-refractivity contribution < 1.29 is 18.8 Å². The molecule has 0 aliphatic rings. The Morgan fingerprint density at radius 2 is 2.00 bits per heavy atom. The van der Waals surface area contributed by atoms with Crippen LogP contribution in [0.4, 0.5) is 15.8 Å². The summed E-state index contributed by atoms with van der Waals surface area (Å²) >= 11 is 1.16. The van der Waals surface area contributed by atoms with E-state index in [0.29, 0.717) is 11.0 Å². The largest absolute Gasteiger partial charge is 0.497 e. The number of methoxy groups -OCH3 is 1. The molecule has 2 aromatic carbocycles. The number of hydrogen-bond acceptors (Lipinski definition) is 7. The maximum Gasteiger partial charge on any atom is 0.306 e. The van der Waals surface area contributed by atoms with Gasteiger partial charge in [0.05, 0.1) is 17.8 Å². The molecule has 0 spiro atoms. The normalized spacial score (nSPS) is 10.6. The topological polar surface area (TPSA) is 112 Å². The molecule has 0 bridgehead atoms. The second-order valence-electron chi connectivity index (χ2n) is 5.85. The monoisotopic (exact) mass is 417 g/mol. The van der Waals surface area contributed by atoms with Gasteiger partial charge < -0.3 is 14.6 Å². The molecule has 1 aromatic heterocycles. The molecule has 0 aliphatic heterocycles. The number of anilines is 1. The van der Waals surface area contributed by atoms with E-state index in [1.165, 1.54) is 6.07 Å². The number of nitrogens with one attached hydrogen (secondary N) is 1. The number of nitro benzene ring substituents is 1. The maximum absolute atomic E-state index is 13.4. The summed E-state index contributed by atoms with van der Waals surface area (Å²) in [6, 6.07) is 10.5. The first-order valence-electron chi connectivity index (χ1n) is 8.29. The summed E-state index contributed by atoms with van der Waals surface area (Å²) in [5.41, 5.74) is 0.282. The van der Waals surface area contributed by atoms with Crippen molar-refractivity contribution in [2.75, 3.05) is 18.2 Å². The molecule has 0 aliphatic carbocycles. The fraction of sp³-hybridized carbons (Fsp3) is 0.167. The van der Waals surface area contributed by atoms with Crippen LogP contribution in [0.5, 0.6) is 5.75 Å². The molecule has 1 amide bonds. The van der Waals surface area contributed by atoms with Gasteiger partial charge >= 0.3 is 5.69 Å². The maximum atomic E-state index is 13.4. The van der Waals surface area contributed by atoms with E-state index in [1.807, 2.05) is 24.3 Å². The third-order valence-corrected chi connectivity index (χ3v) is 4.96. The number of aromatic nitrogens is 3. The Labute approximate surface area is 169 Å². The number of nitro groups is 1. The Hall–Kier alpha value is -3.47. The highest BCUT2D eigenvalue weighted by Gasteiger charge is 2.16. The van der Waals surface area contributed by atoms with Crippen LogP contribution in [0.25, 0.3) is 11.4 Å². The second kappa shape index (κ2) is 8.69. The number of halogens is 1. The molecule has 0 fully saturated rings. The van der Waals surface area contributed by atoms with Crippen molar-refractivity contribution in [2.45, 2.75) is 5.16 Å². The minimum Gasteiger partial charge on any atom is -0.497 e. The van der Waals surface area contributed by atoms with E-state index in [1.54, 1.807) is 18.7 Å². The SMILES string of the molecule is COc1ccc(-c2nnc(SCC(=O)Nc3ccc(F)c([N+](=O)[O-])c3)n2C)cc1. The molecule has 150 valence electrons. The molecule has 9 nitrogen and oxygen atoms in total. The standard InChI is InChI=1S/C18H16FN5O4S/c1-23-17(11-3-6-13(28-2)7-4-11)21-22-18(23)29-10-16(25)20-12-5-8-14(19)15(9-12)24(26)27/h3-9H,10H2,1-2H3,(H,20,25). The number of thioether (sulfide) groups is 1. The highest BCUT2D eigenvalue weighted by molar-refractivity contribution is 7.99. The summed E-state index contributed by atoms with van der Waals surface area (Å²) < 4.78 is 20.3. The summed E-state index contributed by atoms with van der Waals surface area (Å²) in [5.74, 6) is -0.0231. The zero-order valence-corrected chi connectivity index (χ0v) is 16.3. The first-order valence-corrected chi connectivity index (χ1v) is 9.28.